The van der Waals surface area contributed by atoms with Gasteiger partial charge < -0.3 is 14.7 Å². The van der Waals surface area contributed by atoms with Crippen molar-refractivity contribution in [3.05, 3.63) is 35.9 Å². The van der Waals surface area contributed by atoms with Crippen LogP contribution in [0.4, 0.5) is 0 Å². The molecule has 3 nitrogen and oxygen atoms in total. The van der Waals surface area contributed by atoms with Crippen LogP contribution in [0.3, 0.4) is 0 Å². The van der Waals surface area contributed by atoms with Crippen molar-refractivity contribution in [3.63, 3.8) is 0 Å². The van der Waals surface area contributed by atoms with Crippen LogP contribution in [0.2, 0.25) is 0 Å². The van der Waals surface area contributed by atoms with Gasteiger partial charge in [0.05, 0.1) is 5.60 Å². The molecule has 0 aliphatic carbocycles. The molecule has 1 fully saturated rings. The summed E-state index contributed by atoms with van der Waals surface area (Å²) >= 11 is 0. The van der Waals surface area contributed by atoms with Gasteiger partial charge >= 0.3 is 0 Å². The van der Waals surface area contributed by atoms with Gasteiger partial charge in [0.2, 0.25) is 0 Å². The molecule has 3 heteroatoms. The lowest BCUT2D eigenvalue weighted by atomic mass is 9.94. The average molecular weight is 263 g/mol. The second-order valence-corrected chi connectivity index (χ2v) is 5.89. The highest BCUT2D eigenvalue weighted by Crippen LogP contribution is 2.22. The fourth-order valence-electron chi connectivity index (χ4n) is 2.85. The summed E-state index contributed by atoms with van der Waals surface area (Å²) in [5.41, 5.74) is 0.190. The molecule has 0 radical (unpaired) electrons. The topological polar surface area (TPSA) is 32.7 Å². The lowest BCUT2D eigenvalue weighted by molar-refractivity contribution is 0.00833. The summed E-state index contributed by atoms with van der Waals surface area (Å²) in [6, 6.07) is 9.90. The first-order valence-corrected chi connectivity index (χ1v) is 7.12. The second kappa shape index (κ2) is 6.51. The first kappa shape index (κ1) is 14.5. The summed E-state index contributed by atoms with van der Waals surface area (Å²) in [5.74, 6) is 0.699. The number of aliphatic hydroxyl groups is 1. The highest BCUT2D eigenvalue weighted by molar-refractivity contribution is 5.21. The maximum absolute atomic E-state index is 10.6. The van der Waals surface area contributed by atoms with Crippen molar-refractivity contribution >= 4 is 0 Å². The third-order valence-electron chi connectivity index (χ3n) is 3.88. The van der Waals surface area contributed by atoms with Crippen LogP contribution in [0.25, 0.3) is 0 Å². The van der Waals surface area contributed by atoms with Gasteiger partial charge in [-0.2, -0.15) is 0 Å². The van der Waals surface area contributed by atoms with E-state index in [9.17, 15) is 5.11 Å². The van der Waals surface area contributed by atoms with Gasteiger partial charge in [0.15, 0.2) is 0 Å². The maximum Gasteiger partial charge on any atom is 0.0994 e. The molecule has 1 heterocycles. The standard InChI is InChI=1S/C16H25NO2/c1-16(18,15-6-4-3-5-7-15)13-17(2)12-14-8-10-19-11-9-14/h3-7,14,18H,8-13H2,1-2H3. The molecular weight excluding hydrogens is 238 g/mol. The third kappa shape index (κ3) is 4.30. The number of hydrogen-bond acceptors (Lipinski definition) is 3. The van der Waals surface area contributed by atoms with Crippen LogP contribution in [0, 0.1) is 5.92 Å². The third-order valence-corrected chi connectivity index (χ3v) is 3.88. The molecule has 2 rings (SSSR count). The summed E-state index contributed by atoms with van der Waals surface area (Å²) in [7, 11) is 2.09. The van der Waals surface area contributed by atoms with E-state index in [2.05, 4.69) is 11.9 Å². The Hall–Kier alpha value is -0.900. The van der Waals surface area contributed by atoms with Crippen LogP contribution in [0.1, 0.15) is 25.3 Å². The number of hydrogen-bond donors (Lipinski definition) is 1. The SMILES string of the molecule is CN(CC1CCOCC1)CC(C)(O)c1ccccc1. The van der Waals surface area contributed by atoms with Crippen LogP contribution >= 0.6 is 0 Å². The van der Waals surface area contributed by atoms with Gasteiger partial charge in [-0.05, 0) is 38.3 Å². The quantitative estimate of drug-likeness (QED) is 0.884. The summed E-state index contributed by atoms with van der Waals surface area (Å²) in [5, 5.41) is 10.6. The molecule has 1 aromatic rings. The Morgan fingerprint density at radius 1 is 1.26 bits per heavy atom. The van der Waals surface area contributed by atoms with Crippen molar-refractivity contribution in [1.29, 1.82) is 0 Å². The largest absolute Gasteiger partial charge is 0.384 e. The van der Waals surface area contributed by atoms with Gasteiger partial charge in [0.25, 0.3) is 0 Å². The van der Waals surface area contributed by atoms with Crippen LogP contribution in [0.15, 0.2) is 30.3 Å². The molecule has 1 N–H and O–H groups in total. The van der Waals surface area contributed by atoms with E-state index < -0.39 is 5.60 Å². The van der Waals surface area contributed by atoms with Gasteiger partial charge in [-0.1, -0.05) is 30.3 Å². The number of benzene rings is 1. The zero-order valence-corrected chi connectivity index (χ0v) is 12.0. The second-order valence-electron chi connectivity index (χ2n) is 5.89. The molecule has 1 saturated heterocycles. The molecule has 1 atom stereocenters. The molecule has 1 unspecified atom stereocenters. The lowest BCUT2D eigenvalue weighted by Gasteiger charge is -2.32. The van der Waals surface area contributed by atoms with Crippen LogP contribution < -0.4 is 0 Å². The van der Waals surface area contributed by atoms with E-state index in [1.807, 2.05) is 37.3 Å². The van der Waals surface area contributed by atoms with Gasteiger partial charge in [-0.15, -0.1) is 0 Å². The fraction of sp³-hybridized carbons (Fsp3) is 0.625. The van der Waals surface area contributed by atoms with E-state index in [0.717, 1.165) is 38.2 Å². The van der Waals surface area contributed by atoms with E-state index in [1.54, 1.807) is 0 Å². The zero-order chi connectivity index (χ0) is 13.7. The smallest absolute Gasteiger partial charge is 0.0994 e. The van der Waals surface area contributed by atoms with E-state index in [1.165, 1.54) is 0 Å². The molecule has 0 spiro atoms. The number of nitrogens with zero attached hydrogens (tertiary/aromatic N) is 1. The zero-order valence-electron chi connectivity index (χ0n) is 12.0. The van der Waals surface area contributed by atoms with E-state index in [-0.39, 0.29) is 0 Å². The Morgan fingerprint density at radius 3 is 2.53 bits per heavy atom. The molecule has 0 saturated carbocycles. The summed E-state index contributed by atoms with van der Waals surface area (Å²) in [4.78, 5) is 2.24. The van der Waals surface area contributed by atoms with Crippen molar-refractivity contribution in [3.8, 4) is 0 Å². The Morgan fingerprint density at radius 2 is 1.89 bits per heavy atom. The summed E-state index contributed by atoms with van der Waals surface area (Å²) in [6.45, 7) is 5.35. The molecule has 106 valence electrons. The lowest BCUT2D eigenvalue weighted by Crippen LogP contribution is -2.39. The number of rotatable bonds is 5. The predicted molar refractivity (Wildman–Crippen MR) is 77.1 cm³/mol. The molecule has 1 aliphatic rings. The van der Waals surface area contributed by atoms with Crippen molar-refractivity contribution in [1.82, 2.24) is 4.90 Å². The molecule has 1 aliphatic heterocycles. The minimum Gasteiger partial charge on any atom is -0.384 e. The van der Waals surface area contributed by atoms with E-state index in [4.69, 9.17) is 4.74 Å². The maximum atomic E-state index is 10.6. The fourth-order valence-corrected chi connectivity index (χ4v) is 2.85. The molecular formula is C16H25NO2. The monoisotopic (exact) mass is 263 g/mol. The molecule has 19 heavy (non-hydrogen) atoms. The Labute approximate surface area is 116 Å². The highest BCUT2D eigenvalue weighted by atomic mass is 16.5. The van der Waals surface area contributed by atoms with Crippen molar-refractivity contribution in [2.24, 2.45) is 5.92 Å². The van der Waals surface area contributed by atoms with Gasteiger partial charge in [-0.25, -0.2) is 0 Å². The first-order chi connectivity index (χ1) is 9.08. The van der Waals surface area contributed by atoms with Crippen molar-refractivity contribution in [2.75, 3.05) is 33.4 Å². The molecule has 0 amide bonds. The van der Waals surface area contributed by atoms with Crippen molar-refractivity contribution < 1.29 is 9.84 Å². The first-order valence-electron chi connectivity index (χ1n) is 7.12. The minimum absolute atomic E-state index is 0.661. The average Bonchev–Trinajstić information content (AvgIpc) is 2.40. The number of likely N-dealkylation sites (N-methyl/N-ethyl adjacent to an activating group) is 1. The van der Waals surface area contributed by atoms with E-state index >= 15 is 0 Å². The van der Waals surface area contributed by atoms with Crippen LogP contribution in [0.5, 0.6) is 0 Å². The Bertz CT molecular complexity index is 372. The highest BCUT2D eigenvalue weighted by Gasteiger charge is 2.26. The summed E-state index contributed by atoms with van der Waals surface area (Å²) < 4.78 is 5.38. The summed E-state index contributed by atoms with van der Waals surface area (Å²) in [6.07, 6.45) is 2.27. The molecule has 0 aromatic heterocycles. The Kier molecular flexibility index (Phi) is 4.97. The van der Waals surface area contributed by atoms with Gasteiger partial charge in [0.1, 0.15) is 0 Å². The van der Waals surface area contributed by atoms with Crippen LogP contribution in [-0.4, -0.2) is 43.4 Å². The normalized spacial score (nSPS) is 20.4. The van der Waals surface area contributed by atoms with E-state index in [0.29, 0.717) is 12.5 Å². The van der Waals surface area contributed by atoms with Crippen LogP contribution in [-0.2, 0) is 10.3 Å². The molecule has 1 aromatic carbocycles. The Balaban J connectivity index is 1.88. The van der Waals surface area contributed by atoms with Gasteiger partial charge in [0, 0.05) is 26.3 Å². The number of ether oxygens (including phenoxy) is 1. The van der Waals surface area contributed by atoms with Gasteiger partial charge in [-0.3, -0.25) is 0 Å². The molecule has 0 bridgehead atoms. The minimum atomic E-state index is -0.790. The van der Waals surface area contributed by atoms with Crippen molar-refractivity contribution in [2.45, 2.75) is 25.4 Å². The predicted octanol–water partition coefficient (Wildman–Crippen LogP) is 2.25.